The van der Waals surface area contributed by atoms with Gasteiger partial charge in [-0.1, -0.05) is 141 Å². The van der Waals surface area contributed by atoms with Crippen molar-refractivity contribution in [1.82, 2.24) is 9.97 Å². The summed E-state index contributed by atoms with van der Waals surface area (Å²) in [7, 11) is 0. The molecule has 3 aromatic carbocycles. The van der Waals surface area contributed by atoms with E-state index in [0.29, 0.717) is 0 Å². The summed E-state index contributed by atoms with van der Waals surface area (Å²) in [6.45, 7) is 0. The van der Waals surface area contributed by atoms with Crippen LogP contribution in [-0.4, -0.2) is 9.97 Å². The van der Waals surface area contributed by atoms with Crippen LogP contribution in [0.4, 0.5) is 0 Å². The molecule has 214 valence electrons. The van der Waals surface area contributed by atoms with Gasteiger partial charge in [-0.2, -0.15) is 0 Å². The van der Waals surface area contributed by atoms with Crippen LogP contribution in [0.15, 0.2) is 121 Å². The Bertz CT molecular complexity index is 1680. The maximum atomic E-state index is 5.10. The van der Waals surface area contributed by atoms with Crippen LogP contribution >= 0.6 is 0 Å². The van der Waals surface area contributed by atoms with Gasteiger partial charge in [-0.25, -0.2) is 9.97 Å². The number of rotatable bonds is 6. The van der Waals surface area contributed by atoms with Crippen molar-refractivity contribution < 1.29 is 0 Å². The molecule has 0 atom stereocenters. The number of aromatic nitrogens is 2. The second kappa shape index (κ2) is 12.5. The van der Waals surface area contributed by atoms with Crippen molar-refractivity contribution in [2.75, 3.05) is 0 Å². The van der Waals surface area contributed by atoms with E-state index in [2.05, 4.69) is 121 Å². The summed E-state index contributed by atoms with van der Waals surface area (Å²) in [6, 6.07) is 31.5. The first-order valence-corrected chi connectivity index (χ1v) is 16.2. The Morgan fingerprint density at radius 3 is 1.58 bits per heavy atom. The van der Waals surface area contributed by atoms with E-state index in [-0.39, 0.29) is 5.41 Å². The van der Waals surface area contributed by atoms with E-state index < -0.39 is 0 Å². The van der Waals surface area contributed by atoms with E-state index in [4.69, 9.17) is 9.97 Å². The Labute approximate surface area is 256 Å². The van der Waals surface area contributed by atoms with Crippen LogP contribution in [0.25, 0.3) is 33.7 Å². The number of hydrogen-bond donors (Lipinski definition) is 0. The fraction of sp³-hybridized carbons (Fsp3) is 0.268. The fourth-order valence-electron chi connectivity index (χ4n) is 7.11. The van der Waals surface area contributed by atoms with Crippen molar-refractivity contribution in [1.29, 1.82) is 0 Å². The lowest BCUT2D eigenvalue weighted by atomic mass is 9.69. The van der Waals surface area contributed by atoms with Gasteiger partial charge in [-0.3, -0.25) is 0 Å². The molecule has 0 bridgehead atoms. The van der Waals surface area contributed by atoms with Crippen LogP contribution in [0, 0.1) is 0 Å². The maximum absolute atomic E-state index is 5.10. The second-order valence-corrected chi connectivity index (χ2v) is 12.3. The van der Waals surface area contributed by atoms with Gasteiger partial charge in [0.15, 0.2) is 5.82 Å². The first-order valence-electron chi connectivity index (χ1n) is 16.2. The van der Waals surface area contributed by atoms with E-state index >= 15 is 0 Å². The maximum Gasteiger partial charge on any atom is 0.160 e. The Kier molecular flexibility index (Phi) is 8.01. The summed E-state index contributed by atoms with van der Waals surface area (Å²) in [5.41, 5.74) is 10.9. The lowest BCUT2D eigenvalue weighted by Gasteiger charge is -2.35. The van der Waals surface area contributed by atoms with Gasteiger partial charge in [0.05, 0.1) is 11.4 Å². The Morgan fingerprint density at radius 2 is 1.02 bits per heavy atom. The zero-order chi connectivity index (χ0) is 28.9. The Hall–Kier alpha value is -4.30. The van der Waals surface area contributed by atoms with Gasteiger partial charge >= 0.3 is 0 Å². The highest BCUT2D eigenvalue weighted by molar-refractivity contribution is 5.76. The molecule has 0 spiro atoms. The topological polar surface area (TPSA) is 25.8 Å². The minimum Gasteiger partial charge on any atom is -0.228 e. The molecule has 2 nitrogen and oxygen atoms in total. The van der Waals surface area contributed by atoms with Crippen LogP contribution in [0.1, 0.15) is 86.7 Å². The molecule has 1 aromatic heterocycles. The van der Waals surface area contributed by atoms with Crippen LogP contribution in [0.5, 0.6) is 0 Å². The molecule has 2 heteroatoms. The number of benzene rings is 3. The Balaban J connectivity index is 1.26. The Morgan fingerprint density at radius 1 is 0.488 bits per heavy atom. The highest BCUT2D eigenvalue weighted by Crippen LogP contribution is 2.45. The molecule has 4 aromatic rings. The van der Waals surface area contributed by atoms with Crippen molar-refractivity contribution in [3.8, 4) is 22.5 Å². The zero-order valence-electron chi connectivity index (χ0n) is 25.0. The average Bonchev–Trinajstić information content (AvgIpc) is 3.37. The minimum absolute atomic E-state index is 0.0497. The van der Waals surface area contributed by atoms with Gasteiger partial charge < -0.3 is 0 Å². The molecule has 43 heavy (non-hydrogen) atoms. The molecule has 1 fully saturated rings. The molecule has 0 N–H and O–H groups in total. The van der Waals surface area contributed by atoms with Crippen LogP contribution < -0.4 is 0 Å². The second-order valence-electron chi connectivity index (χ2n) is 12.3. The molecule has 0 saturated heterocycles. The van der Waals surface area contributed by atoms with E-state index in [9.17, 15) is 0 Å². The third-order valence-corrected chi connectivity index (χ3v) is 9.51. The van der Waals surface area contributed by atoms with Crippen molar-refractivity contribution in [3.05, 3.63) is 144 Å². The van der Waals surface area contributed by atoms with Gasteiger partial charge in [0.2, 0.25) is 0 Å². The van der Waals surface area contributed by atoms with Crippen molar-refractivity contribution in [3.63, 3.8) is 0 Å². The first kappa shape index (κ1) is 27.5. The quantitative estimate of drug-likeness (QED) is 0.219. The summed E-state index contributed by atoms with van der Waals surface area (Å²) in [5.74, 6) is 0.805. The van der Waals surface area contributed by atoms with E-state index in [1.54, 1.807) is 0 Å². The molecule has 3 aliphatic carbocycles. The van der Waals surface area contributed by atoms with E-state index in [1.807, 2.05) is 0 Å². The monoisotopic (exact) mass is 560 g/mol. The molecule has 1 heterocycles. The van der Waals surface area contributed by atoms with Gasteiger partial charge in [-0.15, -0.1) is 0 Å². The van der Waals surface area contributed by atoms with Crippen molar-refractivity contribution >= 4 is 11.1 Å². The molecule has 1 saturated carbocycles. The van der Waals surface area contributed by atoms with Gasteiger partial charge in [0.25, 0.3) is 0 Å². The predicted octanol–water partition coefficient (Wildman–Crippen LogP) is 10.9. The highest BCUT2D eigenvalue weighted by atomic mass is 14.9. The molecular weight excluding hydrogens is 520 g/mol. The molecule has 0 radical (unpaired) electrons. The minimum atomic E-state index is 0.0497. The molecule has 0 amide bonds. The van der Waals surface area contributed by atoms with Crippen LogP contribution in [-0.2, 0) is 5.41 Å². The lowest BCUT2D eigenvalue weighted by molar-refractivity contribution is 0.445. The van der Waals surface area contributed by atoms with E-state index in [1.165, 1.54) is 60.8 Å². The fourth-order valence-corrected chi connectivity index (χ4v) is 7.11. The standard InChI is InChI=1S/C41H40N2/c1-2-13-29-41(28-12-1,36-24-20-32(21-25-36)31-14-6-3-7-15-31)37-26-22-34(23-27-37)39-30-38(33-16-8-4-9-17-33)42-40(43-39)35-18-10-5-11-19-35/h4,6,8-10,14-27,30H,1-3,5,7,11-13,28-29H2. The molecule has 3 aliphatic rings. The van der Waals surface area contributed by atoms with Gasteiger partial charge in [0, 0.05) is 22.1 Å². The molecule has 7 rings (SSSR count). The normalized spacial score (nSPS) is 18.0. The zero-order valence-corrected chi connectivity index (χ0v) is 25.0. The lowest BCUT2D eigenvalue weighted by Crippen LogP contribution is -2.27. The summed E-state index contributed by atoms with van der Waals surface area (Å²) in [5, 5.41) is 0. The van der Waals surface area contributed by atoms with Gasteiger partial charge in [-0.05, 0) is 66.9 Å². The van der Waals surface area contributed by atoms with E-state index in [0.717, 1.165) is 59.6 Å². The SMILES string of the molecule is C1=CC(c2ccc(C3(c4ccc(-c5cc(-c6ccccc6)nc(C6=CCCC=C6)n5)cc4)CCCCCC3)cc2)=CCC1. The van der Waals surface area contributed by atoms with Gasteiger partial charge in [0.1, 0.15) is 0 Å². The molecule has 0 aliphatic heterocycles. The summed E-state index contributed by atoms with van der Waals surface area (Å²) < 4.78 is 0. The van der Waals surface area contributed by atoms with Crippen molar-refractivity contribution in [2.24, 2.45) is 0 Å². The molecule has 0 unspecified atom stereocenters. The predicted molar refractivity (Wildman–Crippen MR) is 181 cm³/mol. The summed E-state index contributed by atoms with van der Waals surface area (Å²) in [6.07, 6.45) is 25.6. The average molecular weight is 561 g/mol. The van der Waals surface area contributed by atoms with Crippen molar-refractivity contribution in [2.45, 2.75) is 69.6 Å². The number of hydrogen-bond acceptors (Lipinski definition) is 2. The third-order valence-electron chi connectivity index (χ3n) is 9.51. The summed E-state index contributed by atoms with van der Waals surface area (Å²) >= 11 is 0. The third kappa shape index (κ3) is 5.84. The van der Waals surface area contributed by atoms with Crippen LogP contribution in [0.2, 0.25) is 0 Å². The van der Waals surface area contributed by atoms with Crippen LogP contribution in [0.3, 0.4) is 0 Å². The molecular formula is C41H40N2. The summed E-state index contributed by atoms with van der Waals surface area (Å²) in [4.78, 5) is 10.1. The highest BCUT2D eigenvalue weighted by Gasteiger charge is 2.34. The first-order chi connectivity index (χ1) is 21.3. The number of nitrogens with zero attached hydrogens (tertiary/aromatic N) is 2. The largest absolute Gasteiger partial charge is 0.228 e. The number of allylic oxidation sites excluding steroid dienone is 8. The smallest absolute Gasteiger partial charge is 0.160 e.